The maximum atomic E-state index is 13.8. The number of tetrazole rings is 1. The van der Waals surface area contributed by atoms with Crippen molar-refractivity contribution in [3.63, 3.8) is 0 Å². The lowest BCUT2D eigenvalue weighted by atomic mass is 10.0. The van der Waals surface area contributed by atoms with Gasteiger partial charge in [-0.15, -0.1) is 5.10 Å². The summed E-state index contributed by atoms with van der Waals surface area (Å²) in [5, 5.41) is 13.8. The Bertz CT molecular complexity index is 1610. The highest BCUT2D eigenvalue weighted by molar-refractivity contribution is 5.80. The number of ether oxygens (including phenoxy) is 1. The molecule has 3 heterocycles. The highest BCUT2D eigenvalue weighted by atomic mass is 19.1. The molecule has 3 aromatic heterocycles. The van der Waals surface area contributed by atoms with E-state index in [9.17, 15) is 9.18 Å². The lowest BCUT2D eigenvalue weighted by Gasteiger charge is -2.31. The quantitative estimate of drug-likeness (QED) is 0.282. The number of fused-ring (bicyclic) bond motifs is 1. The van der Waals surface area contributed by atoms with Crippen molar-refractivity contribution in [1.29, 1.82) is 0 Å². The van der Waals surface area contributed by atoms with Crippen molar-refractivity contribution < 1.29 is 13.5 Å². The average Bonchev–Trinajstić information content (AvgIpc) is 3.73. The van der Waals surface area contributed by atoms with Gasteiger partial charge < -0.3 is 14.1 Å². The third-order valence-corrected chi connectivity index (χ3v) is 7.41. The third kappa shape index (κ3) is 5.20. The number of aromatic amines is 1. The molecule has 0 unspecified atom stereocenters. The summed E-state index contributed by atoms with van der Waals surface area (Å²) in [7, 11) is 1.61. The SMILES string of the molecule is COc1ccc2[nH]c(=O)c([C@@H](c3nnnn3C3CCCC3)N(Cc3ccc(F)cc3)Cc3ccco3)cc2c1. The van der Waals surface area contributed by atoms with Crippen LogP contribution in [0.5, 0.6) is 5.75 Å². The van der Waals surface area contributed by atoms with Crippen molar-refractivity contribution in [1.82, 2.24) is 30.1 Å². The van der Waals surface area contributed by atoms with Gasteiger partial charge in [0.05, 0.1) is 26.0 Å². The van der Waals surface area contributed by atoms with E-state index >= 15 is 0 Å². The Morgan fingerprint density at radius 1 is 1.13 bits per heavy atom. The maximum Gasteiger partial charge on any atom is 0.253 e. The Kier molecular flexibility index (Phi) is 6.93. The molecule has 1 atom stereocenters. The molecule has 6 rings (SSSR count). The summed E-state index contributed by atoms with van der Waals surface area (Å²) >= 11 is 0. The third-order valence-electron chi connectivity index (χ3n) is 7.41. The minimum atomic E-state index is -0.616. The first-order chi connectivity index (χ1) is 19.1. The van der Waals surface area contributed by atoms with Crippen LogP contribution in [0.1, 0.15) is 60.5 Å². The van der Waals surface area contributed by atoms with Gasteiger partial charge in [0, 0.05) is 23.0 Å². The molecule has 2 aromatic carbocycles. The second kappa shape index (κ2) is 10.8. The van der Waals surface area contributed by atoms with Crippen LogP contribution in [0.4, 0.5) is 4.39 Å². The van der Waals surface area contributed by atoms with Gasteiger partial charge in [0.25, 0.3) is 5.56 Å². The van der Waals surface area contributed by atoms with E-state index in [0.29, 0.717) is 35.7 Å². The molecular formula is C29H29FN6O3. The first-order valence-corrected chi connectivity index (χ1v) is 13.1. The van der Waals surface area contributed by atoms with Gasteiger partial charge in [0.2, 0.25) is 0 Å². The van der Waals surface area contributed by atoms with Gasteiger partial charge in [-0.1, -0.05) is 25.0 Å². The van der Waals surface area contributed by atoms with Crippen molar-refractivity contribution in [2.24, 2.45) is 0 Å². The van der Waals surface area contributed by atoms with Gasteiger partial charge in [0.15, 0.2) is 5.82 Å². The van der Waals surface area contributed by atoms with Gasteiger partial charge in [0.1, 0.15) is 23.4 Å². The number of nitrogens with zero attached hydrogens (tertiary/aromatic N) is 5. The van der Waals surface area contributed by atoms with Crippen LogP contribution in [-0.2, 0) is 13.1 Å². The first-order valence-electron chi connectivity index (χ1n) is 13.1. The van der Waals surface area contributed by atoms with Gasteiger partial charge in [-0.05, 0) is 77.4 Å². The van der Waals surface area contributed by atoms with Gasteiger partial charge in [-0.3, -0.25) is 9.69 Å². The molecule has 1 aliphatic rings. The molecule has 0 saturated heterocycles. The number of methoxy groups -OCH3 is 1. The minimum absolute atomic E-state index is 0.161. The summed E-state index contributed by atoms with van der Waals surface area (Å²) in [5.41, 5.74) is 1.85. The van der Waals surface area contributed by atoms with Gasteiger partial charge in [-0.25, -0.2) is 9.07 Å². The van der Waals surface area contributed by atoms with E-state index in [1.807, 2.05) is 41.1 Å². The number of rotatable bonds is 9. The zero-order valence-corrected chi connectivity index (χ0v) is 21.6. The first kappa shape index (κ1) is 25.0. The maximum absolute atomic E-state index is 13.8. The van der Waals surface area contributed by atoms with E-state index in [-0.39, 0.29) is 17.4 Å². The molecule has 9 nitrogen and oxygen atoms in total. The molecule has 1 N–H and O–H groups in total. The van der Waals surface area contributed by atoms with Crippen molar-refractivity contribution in [2.75, 3.05) is 7.11 Å². The summed E-state index contributed by atoms with van der Waals surface area (Å²) in [6.45, 7) is 0.779. The molecule has 200 valence electrons. The predicted octanol–water partition coefficient (Wildman–Crippen LogP) is 5.16. The summed E-state index contributed by atoms with van der Waals surface area (Å²) in [6.07, 6.45) is 5.80. The Labute approximate surface area is 224 Å². The number of furan rings is 1. The number of H-pyrrole nitrogens is 1. The van der Waals surface area contributed by atoms with Crippen LogP contribution in [0.25, 0.3) is 10.9 Å². The highest BCUT2D eigenvalue weighted by Gasteiger charge is 2.34. The minimum Gasteiger partial charge on any atom is -0.497 e. The van der Waals surface area contributed by atoms with Crippen molar-refractivity contribution >= 4 is 10.9 Å². The zero-order chi connectivity index (χ0) is 26.8. The second-order valence-corrected chi connectivity index (χ2v) is 9.94. The fourth-order valence-electron chi connectivity index (χ4n) is 5.49. The van der Waals surface area contributed by atoms with Crippen LogP contribution in [-0.4, -0.2) is 37.2 Å². The van der Waals surface area contributed by atoms with Crippen LogP contribution in [0.2, 0.25) is 0 Å². The topological polar surface area (TPSA) is 102 Å². The van der Waals surface area contributed by atoms with E-state index in [2.05, 4.69) is 25.4 Å². The van der Waals surface area contributed by atoms with E-state index in [0.717, 1.165) is 42.4 Å². The normalized spacial score (nSPS) is 14.8. The van der Waals surface area contributed by atoms with Gasteiger partial charge >= 0.3 is 0 Å². The number of aromatic nitrogens is 5. The number of nitrogens with one attached hydrogen (secondary N) is 1. The standard InChI is InChI=1S/C29H29FN6O3/c1-38-23-12-13-26-20(15-23)16-25(29(37)31-26)27(28-32-33-34-36(28)22-5-2-3-6-22)35(18-24-7-4-14-39-24)17-19-8-10-21(30)11-9-19/h4,7-16,22,27H,2-3,5-6,17-18H2,1H3,(H,31,37)/t27-/m0/s1. The second-order valence-electron chi connectivity index (χ2n) is 9.94. The van der Waals surface area contributed by atoms with E-state index in [1.54, 1.807) is 25.5 Å². The molecular weight excluding hydrogens is 499 g/mol. The summed E-state index contributed by atoms with van der Waals surface area (Å²) in [5.74, 6) is 1.69. The van der Waals surface area contributed by atoms with E-state index in [1.165, 1.54) is 12.1 Å². The smallest absolute Gasteiger partial charge is 0.253 e. The molecule has 0 bridgehead atoms. The largest absolute Gasteiger partial charge is 0.497 e. The highest BCUT2D eigenvalue weighted by Crippen LogP contribution is 2.35. The molecule has 39 heavy (non-hydrogen) atoms. The summed E-state index contributed by atoms with van der Waals surface area (Å²) < 4.78 is 26.8. The molecule has 1 aliphatic carbocycles. The number of benzene rings is 2. The molecule has 0 radical (unpaired) electrons. The molecule has 0 amide bonds. The van der Waals surface area contributed by atoms with Crippen LogP contribution < -0.4 is 10.3 Å². The van der Waals surface area contributed by atoms with Gasteiger partial charge in [-0.2, -0.15) is 0 Å². The Morgan fingerprint density at radius 2 is 1.95 bits per heavy atom. The van der Waals surface area contributed by atoms with Crippen molar-refractivity contribution in [3.05, 3.63) is 106 Å². The van der Waals surface area contributed by atoms with Crippen LogP contribution in [0, 0.1) is 5.82 Å². The van der Waals surface area contributed by atoms with E-state index < -0.39 is 6.04 Å². The van der Waals surface area contributed by atoms with Crippen LogP contribution in [0.15, 0.2) is 76.1 Å². The number of hydrogen-bond donors (Lipinski definition) is 1. The molecule has 10 heteroatoms. The molecule has 1 saturated carbocycles. The number of hydrogen-bond acceptors (Lipinski definition) is 7. The molecule has 5 aromatic rings. The molecule has 0 spiro atoms. The lowest BCUT2D eigenvalue weighted by Crippen LogP contribution is -2.35. The lowest BCUT2D eigenvalue weighted by molar-refractivity contribution is 0.176. The summed E-state index contributed by atoms with van der Waals surface area (Å²) in [6, 6.07) is 17.1. The van der Waals surface area contributed by atoms with E-state index in [4.69, 9.17) is 9.15 Å². The fourth-order valence-corrected chi connectivity index (χ4v) is 5.49. The van der Waals surface area contributed by atoms with Crippen molar-refractivity contribution in [3.8, 4) is 5.75 Å². The predicted molar refractivity (Wildman–Crippen MR) is 143 cm³/mol. The number of pyridine rings is 1. The monoisotopic (exact) mass is 528 g/mol. The Morgan fingerprint density at radius 3 is 2.69 bits per heavy atom. The number of halogens is 1. The molecule has 1 fully saturated rings. The Balaban J connectivity index is 1.53. The summed E-state index contributed by atoms with van der Waals surface area (Å²) in [4.78, 5) is 18.8. The van der Waals surface area contributed by atoms with Crippen LogP contribution in [0.3, 0.4) is 0 Å². The molecule has 0 aliphatic heterocycles. The fraction of sp³-hybridized carbons (Fsp3) is 0.310. The zero-order valence-electron chi connectivity index (χ0n) is 21.6. The van der Waals surface area contributed by atoms with Crippen molar-refractivity contribution in [2.45, 2.75) is 50.9 Å². The Hall–Kier alpha value is -4.31. The average molecular weight is 529 g/mol. The van der Waals surface area contributed by atoms with Crippen LogP contribution >= 0.6 is 0 Å².